The monoisotopic (exact) mass is 627 g/mol. The number of aliphatic hydroxyl groups is 1. The molecular weight excluding hydrogens is 599 g/mol. The Labute approximate surface area is 225 Å². The minimum Gasteiger partial charge on any atom is -0.425 e. The molecule has 2 atom stereocenters. The molecule has 1 aromatic carbocycles. The molecule has 3 heterocycles. The fourth-order valence-electron chi connectivity index (χ4n) is 4.77. The first kappa shape index (κ1) is 25.8. The highest BCUT2D eigenvalue weighted by molar-refractivity contribution is 14.1. The van der Waals surface area contributed by atoms with E-state index in [1.54, 1.807) is 25.2 Å². The molecule has 0 bridgehead atoms. The number of benzene rings is 1. The van der Waals surface area contributed by atoms with Crippen LogP contribution in [-0.4, -0.2) is 42.7 Å². The summed E-state index contributed by atoms with van der Waals surface area (Å²) in [6, 6.07) is 6.36. The molecule has 0 amide bonds. The zero-order chi connectivity index (χ0) is 26.4. The number of nitrogens with one attached hydrogen (secondary N) is 2. The quantitative estimate of drug-likeness (QED) is 0.291. The van der Waals surface area contributed by atoms with Crippen LogP contribution < -0.4 is 31.5 Å². The van der Waals surface area contributed by atoms with E-state index in [0.717, 1.165) is 28.2 Å². The van der Waals surface area contributed by atoms with Gasteiger partial charge in [0.1, 0.15) is 23.4 Å². The number of fused-ring (bicyclic) bond motifs is 1. The molecule has 1 aromatic heterocycles. The predicted octanol–water partition coefficient (Wildman–Crippen LogP) is 2.67. The number of anilines is 2. The molecule has 1 saturated carbocycles. The van der Waals surface area contributed by atoms with Crippen molar-refractivity contribution in [3.05, 3.63) is 75.1 Å². The Morgan fingerprint density at radius 3 is 2.73 bits per heavy atom. The third kappa shape index (κ3) is 5.69. The number of dihydropyridines is 1. The Balaban J connectivity index is 1.48. The zero-order valence-electron chi connectivity index (χ0n) is 20.2. The van der Waals surface area contributed by atoms with Crippen LogP contribution in [0.4, 0.5) is 20.3 Å². The van der Waals surface area contributed by atoms with E-state index in [9.17, 15) is 23.5 Å². The lowest BCUT2D eigenvalue weighted by molar-refractivity contribution is -0.0691. The molecule has 1 fully saturated rings. The highest BCUT2D eigenvalue weighted by Gasteiger charge is 2.41. The standard InChI is InChI=1S/C25H28F2IN5O4/c1-31-21-20(22(34)32(23(31)35)12-10-24(36)8-9-24)33(15-17-6-2-3-11-29-17)19(30-21)14-16-5-4-7-18(13-16)37-25(26,27)28/h2-7,11,13,17,19,29-30,36H,8-10,12,14-15H2,1H3. The van der Waals surface area contributed by atoms with Crippen LogP contribution in [0.25, 0.3) is 0 Å². The van der Waals surface area contributed by atoms with E-state index in [-0.39, 0.29) is 18.3 Å². The van der Waals surface area contributed by atoms with Gasteiger partial charge in [-0.15, -0.1) is 0 Å². The number of ether oxygens (including phenoxy) is 1. The maximum absolute atomic E-state index is 13.7. The van der Waals surface area contributed by atoms with Gasteiger partial charge in [0.2, 0.25) is 0 Å². The van der Waals surface area contributed by atoms with Crippen molar-refractivity contribution in [1.82, 2.24) is 14.5 Å². The van der Waals surface area contributed by atoms with Gasteiger partial charge in [0, 0.05) is 26.6 Å². The van der Waals surface area contributed by atoms with Crippen LogP contribution in [0.2, 0.25) is 0 Å². The fraction of sp³-hybridized carbons (Fsp3) is 0.440. The molecular formula is C25H28F2IN5O4. The third-order valence-electron chi connectivity index (χ3n) is 6.94. The van der Waals surface area contributed by atoms with E-state index >= 15 is 0 Å². The van der Waals surface area contributed by atoms with Gasteiger partial charge in [-0.05, 0) is 49.2 Å². The second-order valence-corrected chi connectivity index (χ2v) is 11.0. The highest BCUT2D eigenvalue weighted by Crippen LogP contribution is 2.39. The summed E-state index contributed by atoms with van der Waals surface area (Å²) < 4.78 is 30.8. The lowest BCUT2D eigenvalue weighted by Gasteiger charge is -2.30. The Hall–Kier alpha value is -2.87. The number of hydrogen-bond acceptors (Lipinski definition) is 7. The first-order chi connectivity index (χ1) is 17.5. The summed E-state index contributed by atoms with van der Waals surface area (Å²) in [4.78, 5) is 28.7. The van der Waals surface area contributed by atoms with Crippen molar-refractivity contribution in [3.63, 3.8) is 0 Å². The zero-order valence-corrected chi connectivity index (χ0v) is 22.3. The lowest BCUT2D eigenvalue weighted by atomic mass is 10.1. The number of aromatic nitrogens is 2. The number of halogens is 3. The number of alkyl halides is 3. The minimum atomic E-state index is -3.34. The van der Waals surface area contributed by atoms with Crippen molar-refractivity contribution in [3.8, 4) is 5.75 Å². The van der Waals surface area contributed by atoms with Crippen molar-refractivity contribution < 1.29 is 18.6 Å². The molecule has 12 heteroatoms. The van der Waals surface area contributed by atoms with Crippen LogP contribution in [0.5, 0.6) is 5.75 Å². The summed E-state index contributed by atoms with van der Waals surface area (Å²) in [6.45, 7) is 0.549. The van der Waals surface area contributed by atoms with Gasteiger partial charge < -0.3 is 25.4 Å². The van der Waals surface area contributed by atoms with Crippen LogP contribution in [-0.2, 0) is 20.0 Å². The molecule has 3 aliphatic rings. The Morgan fingerprint density at radius 1 is 1.27 bits per heavy atom. The van der Waals surface area contributed by atoms with Crippen LogP contribution in [0.15, 0.2) is 58.3 Å². The molecule has 2 aromatic rings. The van der Waals surface area contributed by atoms with Crippen LogP contribution in [0.1, 0.15) is 24.8 Å². The second kappa shape index (κ2) is 9.78. The van der Waals surface area contributed by atoms with Crippen molar-refractivity contribution in [2.45, 2.75) is 54.2 Å². The van der Waals surface area contributed by atoms with Crippen molar-refractivity contribution >= 4 is 34.1 Å². The van der Waals surface area contributed by atoms with E-state index in [1.165, 1.54) is 15.2 Å². The van der Waals surface area contributed by atoms with E-state index in [1.807, 2.05) is 29.3 Å². The number of hydrogen-bond donors (Lipinski definition) is 3. The van der Waals surface area contributed by atoms with Gasteiger partial charge in [0.05, 0.1) is 34.2 Å². The molecule has 2 aliphatic heterocycles. The van der Waals surface area contributed by atoms with Gasteiger partial charge in [-0.3, -0.25) is 13.9 Å². The SMILES string of the molecule is Cn1c2c(c(=O)n(CCC3(O)CC3)c1=O)N(CC1C=CC=CN1)C(Cc1cccc(OC(F)(F)I)c1)N2. The Kier molecular flexibility index (Phi) is 6.81. The highest BCUT2D eigenvalue weighted by atomic mass is 127. The first-order valence-corrected chi connectivity index (χ1v) is 13.1. The minimum absolute atomic E-state index is 0.0359. The topological polar surface area (TPSA) is 101 Å². The van der Waals surface area contributed by atoms with Crippen LogP contribution >= 0.6 is 22.6 Å². The van der Waals surface area contributed by atoms with E-state index in [4.69, 9.17) is 4.74 Å². The van der Waals surface area contributed by atoms with Gasteiger partial charge >= 0.3 is 9.81 Å². The maximum atomic E-state index is 13.7. The first-order valence-electron chi connectivity index (χ1n) is 12.1. The Bertz CT molecular complexity index is 1360. The summed E-state index contributed by atoms with van der Waals surface area (Å²) >= 11 is 0.925. The number of rotatable bonds is 9. The van der Waals surface area contributed by atoms with E-state index < -0.39 is 27.1 Å². The van der Waals surface area contributed by atoms with Gasteiger partial charge in [-0.2, -0.15) is 8.78 Å². The van der Waals surface area contributed by atoms with Gasteiger partial charge in [0.15, 0.2) is 0 Å². The molecule has 3 N–H and O–H groups in total. The molecule has 0 saturated heterocycles. The molecule has 198 valence electrons. The molecule has 9 nitrogen and oxygen atoms in total. The summed E-state index contributed by atoms with van der Waals surface area (Å²) in [5, 5.41) is 16.9. The summed E-state index contributed by atoms with van der Waals surface area (Å²) in [7, 11) is 1.61. The predicted molar refractivity (Wildman–Crippen MR) is 144 cm³/mol. The molecule has 2 unspecified atom stereocenters. The van der Waals surface area contributed by atoms with Crippen molar-refractivity contribution in [2.75, 3.05) is 16.8 Å². The van der Waals surface area contributed by atoms with Crippen molar-refractivity contribution in [2.24, 2.45) is 7.05 Å². The van der Waals surface area contributed by atoms with Crippen molar-refractivity contribution in [1.29, 1.82) is 0 Å². The van der Waals surface area contributed by atoms with E-state index in [0.29, 0.717) is 43.7 Å². The summed E-state index contributed by atoms with van der Waals surface area (Å²) in [5.41, 5.74) is -0.587. The third-order valence-corrected chi connectivity index (χ3v) is 7.16. The van der Waals surface area contributed by atoms with Crippen LogP contribution in [0.3, 0.4) is 0 Å². The second-order valence-electron chi connectivity index (χ2n) is 9.70. The van der Waals surface area contributed by atoms with E-state index in [2.05, 4.69) is 10.6 Å². The smallest absolute Gasteiger partial charge is 0.425 e. The fourth-order valence-corrected chi connectivity index (χ4v) is 5.02. The molecule has 1 aliphatic carbocycles. The average molecular weight is 627 g/mol. The largest absolute Gasteiger partial charge is 0.451 e. The average Bonchev–Trinajstić information content (AvgIpc) is 3.47. The van der Waals surface area contributed by atoms with Gasteiger partial charge in [0.25, 0.3) is 5.56 Å². The Morgan fingerprint density at radius 2 is 2.05 bits per heavy atom. The molecule has 5 rings (SSSR count). The number of allylic oxidation sites excluding steroid dienone is 2. The van der Waals surface area contributed by atoms with Gasteiger partial charge in [-0.1, -0.05) is 24.3 Å². The summed E-state index contributed by atoms with van der Waals surface area (Å²) in [6.07, 6.45) is 9.21. The normalized spacial score (nSPS) is 21.4. The maximum Gasteiger partial charge on any atom is 0.451 e. The molecule has 0 radical (unpaired) electrons. The lowest BCUT2D eigenvalue weighted by Crippen LogP contribution is -2.47. The molecule has 0 spiro atoms. The van der Waals surface area contributed by atoms with Crippen LogP contribution in [0, 0.1) is 0 Å². The molecule has 37 heavy (non-hydrogen) atoms. The number of nitrogens with zero attached hydrogens (tertiary/aromatic N) is 3. The summed E-state index contributed by atoms with van der Waals surface area (Å²) in [5.74, 6) is 0.441. The van der Waals surface area contributed by atoms with Gasteiger partial charge in [-0.25, -0.2) is 4.79 Å².